The minimum absolute atomic E-state index is 0.0347. The van der Waals surface area contributed by atoms with Gasteiger partial charge in [0.15, 0.2) is 16.4 Å². The van der Waals surface area contributed by atoms with Gasteiger partial charge < -0.3 is 14.4 Å². The minimum atomic E-state index is -3.09. The molecule has 0 bridgehead atoms. The van der Waals surface area contributed by atoms with Crippen LogP contribution in [0.3, 0.4) is 0 Å². The van der Waals surface area contributed by atoms with Crippen molar-refractivity contribution >= 4 is 21.7 Å². The van der Waals surface area contributed by atoms with Gasteiger partial charge in [0.05, 0.1) is 18.6 Å². The molecule has 0 aromatic heterocycles. The molecule has 7 nitrogen and oxygen atoms in total. The molecule has 1 saturated heterocycles. The first-order valence-electron chi connectivity index (χ1n) is 7.68. The molecule has 1 aliphatic rings. The number of ether oxygens (including phenoxy) is 2. The zero-order valence-electron chi connectivity index (χ0n) is 13.7. The average Bonchev–Trinajstić information content (AvgIpc) is 2.92. The van der Waals surface area contributed by atoms with Gasteiger partial charge in [-0.3, -0.25) is 4.79 Å². The lowest BCUT2D eigenvalue weighted by molar-refractivity contribution is -0.136. The number of amides is 1. The number of esters is 1. The Morgan fingerprint density at radius 2 is 2.00 bits per heavy atom. The number of carbonyl (C=O) groups excluding carboxylic acids is 2. The topological polar surface area (TPSA) is 90.0 Å². The Morgan fingerprint density at radius 1 is 1.29 bits per heavy atom. The molecule has 24 heavy (non-hydrogen) atoms. The highest BCUT2D eigenvalue weighted by molar-refractivity contribution is 7.91. The Morgan fingerprint density at radius 3 is 2.58 bits per heavy atom. The number of sulfone groups is 1. The van der Waals surface area contributed by atoms with Crippen LogP contribution >= 0.6 is 0 Å². The fourth-order valence-corrected chi connectivity index (χ4v) is 4.49. The van der Waals surface area contributed by atoms with Gasteiger partial charge in [-0.1, -0.05) is 12.1 Å². The number of para-hydroxylation sites is 1. The maximum atomic E-state index is 12.3. The first-order valence-corrected chi connectivity index (χ1v) is 9.50. The molecular formula is C16H21NO6S. The standard InChI is InChI=1S/C16H21NO6S/c1-3-17(12-8-9-24(20,21)11-12)15(18)10-23-16(19)13-6-4-5-7-14(13)22-2/h4-7,12H,3,8-11H2,1-2H3/t12-/m0/s1. The summed E-state index contributed by atoms with van der Waals surface area (Å²) in [5.74, 6) is -0.641. The average molecular weight is 355 g/mol. The van der Waals surface area contributed by atoms with Crippen LogP contribution in [0.15, 0.2) is 24.3 Å². The summed E-state index contributed by atoms with van der Waals surface area (Å²) in [5, 5.41) is 0. The Kier molecular flexibility index (Phi) is 5.82. The summed E-state index contributed by atoms with van der Waals surface area (Å²) >= 11 is 0. The van der Waals surface area contributed by atoms with Crippen molar-refractivity contribution in [1.29, 1.82) is 0 Å². The smallest absolute Gasteiger partial charge is 0.342 e. The Hall–Kier alpha value is -2.09. The van der Waals surface area contributed by atoms with Crippen LogP contribution in [-0.2, 0) is 19.4 Å². The van der Waals surface area contributed by atoms with E-state index in [1.54, 1.807) is 31.2 Å². The number of nitrogens with zero attached hydrogens (tertiary/aromatic N) is 1. The number of likely N-dealkylation sites (N-methyl/N-ethyl adjacent to an activating group) is 1. The SMILES string of the molecule is CCN(C(=O)COC(=O)c1ccccc1OC)[C@H]1CCS(=O)(=O)C1. The van der Waals surface area contributed by atoms with Crippen molar-refractivity contribution in [3.8, 4) is 5.75 Å². The van der Waals surface area contributed by atoms with Crippen LogP contribution in [0.2, 0.25) is 0 Å². The second kappa shape index (κ2) is 7.65. The molecule has 8 heteroatoms. The molecule has 2 rings (SSSR count). The number of benzene rings is 1. The van der Waals surface area contributed by atoms with Crippen molar-refractivity contribution in [3.05, 3.63) is 29.8 Å². The van der Waals surface area contributed by atoms with E-state index in [0.29, 0.717) is 18.7 Å². The van der Waals surface area contributed by atoms with E-state index in [2.05, 4.69) is 0 Å². The van der Waals surface area contributed by atoms with Gasteiger partial charge in [0.1, 0.15) is 11.3 Å². The van der Waals surface area contributed by atoms with Crippen LogP contribution < -0.4 is 4.74 Å². The highest BCUT2D eigenvalue weighted by Gasteiger charge is 2.34. The quantitative estimate of drug-likeness (QED) is 0.704. The zero-order valence-corrected chi connectivity index (χ0v) is 14.5. The highest BCUT2D eigenvalue weighted by Crippen LogP contribution is 2.20. The predicted octanol–water partition coefficient (Wildman–Crippen LogP) is 0.888. The van der Waals surface area contributed by atoms with Gasteiger partial charge in [-0.05, 0) is 25.5 Å². The van der Waals surface area contributed by atoms with Gasteiger partial charge >= 0.3 is 5.97 Å². The normalized spacial score (nSPS) is 18.8. The van der Waals surface area contributed by atoms with Crippen LogP contribution in [0.1, 0.15) is 23.7 Å². The van der Waals surface area contributed by atoms with Crippen molar-refractivity contribution in [3.63, 3.8) is 0 Å². The Labute approximate surface area is 141 Å². The molecule has 1 amide bonds. The van der Waals surface area contributed by atoms with Crippen LogP contribution in [-0.4, -0.2) is 63.0 Å². The van der Waals surface area contributed by atoms with Crippen LogP contribution in [0, 0.1) is 0 Å². The third-order valence-electron chi connectivity index (χ3n) is 3.96. The third-order valence-corrected chi connectivity index (χ3v) is 5.71. The van der Waals surface area contributed by atoms with Gasteiger partial charge in [-0.25, -0.2) is 13.2 Å². The maximum Gasteiger partial charge on any atom is 0.342 e. The molecule has 0 spiro atoms. The molecule has 0 aliphatic carbocycles. The fraction of sp³-hybridized carbons (Fsp3) is 0.500. The zero-order chi connectivity index (χ0) is 17.7. The molecule has 0 saturated carbocycles. The van der Waals surface area contributed by atoms with Crippen LogP contribution in [0.25, 0.3) is 0 Å². The molecule has 1 atom stereocenters. The monoisotopic (exact) mass is 355 g/mol. The first kappa shape index (κ1) is 18.3. The molecular weight excluding hydrogens is 334 g/mol. The molecule has 1 aromatic rings. The minimum Gasteiger partial charge on any atom is -0.496 e. The number of hydrogen-bond acceptors (Lipinski definition) is 6. The first-order chi connectivity index (χ1) is 11.4. The number of hydrogen-bond donors (Lipinski definition) is 0. The second-order valence-electron chi connectivity index (χ2n) is 5.51. The summed E-state index contributed by atoms with van der Waals surface area (Å²) in [6.45, 7) is 1.71. The van der Waals surface area contributed by atoms with Gasteiger partial charge in [-0.2, -0.15) is 0 Å². The summed E-state index contributed by atoms with van der Waals surface area (Å²) in [6, 6.07) is 6.22. The van der Waals surface area contributed by atoms with Crippen molar-refractivity contribution < 1.29 is 27.5 Å². The largest absolute Gasteiger partial charge is 0.496 e. The van der Waals surface area contributed by atoms with E-state index in [1.165, 1.54) is 12.0 Å². The number of rotatable bonds is 6. The molecule has 132 valence electrons. The van der Waals surface area contributed by atoms with Crippen LogP contribution in [0.5, 0.6) is 5.75 Å². The van der Waals surface area contributed by atoms with E-state index in [4.69, 9.17) is 9.47 Å². The molecule has 0 radical (unpaired) electrons. The summed E-state index contributed by atoms with van der Waals surface area (Å²) in [6.07, 6.45) is 0.419. The summed E-state index contributed by atoms with van der Waals surface area (Å²) in [4.78, 5) is 25.8. The van der Waals surface area contributed by atoms with Gasteiger partial charge in [0.2, 0.25) is 0 Å². The maximum absolute atomic E-state index is 12.3. The predicted molar refractivity (Wildman–Crippen MR) is 87.7 cm³/mol. The van der Waals surface area contributed by atoms with E-state index in [-0.39, 0.29) is 23.1 Å². The molecule has 0 N–H and O–H groups in total. The number of carbonyl (C=O) groups is 2. The lowest BCUT2D eigenvalue weighted by atomic mass is 10.2. The third kappa shape index (κ3) is 4.25. The van der Waals surface area contributed by atoms with Crippen LogP contribution in [0.4, 0.5) is 0 Å². The van der Waals surface area contributed by atoms with E-state index in [1.807, 2.05) is 0 Å². The second-order valence-corrected chi connectivity index (χ2v) is 7.74. The van der Waals surface area contributed by atoms with Crippen molar-refractivity contribution in [1.82, 2.24) is 4.90 Å². The van der Waals surface area contributed by atoms with Crippen molar-refractivity contribution in [2.24, 2.45) is 0 Å². The highest BCUT2D eigenvalue weighted by atomic mass is 32.2. The fourth-order valence-electron chi connectivity index (χ4n) is 2.76. The van der Waals surface area contributed by atoms with Crippen molar-refractivity contribution in [2.75, 3.05) is 31.8 Å². The lowest BCUT2D eigenvalue weighted by Gasteiger charge is -2.26. The van der Waals surface area contributed by atoms with E-state index in [0.717, 1.165) is 0 Å². The van der Waals surface area contributed by atoms with Gasteiger partial charge in [0.25, 0.3) is 5.91 Å². The lowest BCUT2D eigenvalue weighted by Crippen LogP contribution is -2.43. The number of methoxy groups -OCH3 is 1. The summed E-state index contributed by atoms with van der Waals surface area (Å²) in [5.41, 5.74) is 0.235. The Balaban J connectivity index is 1.97. The van der Waals surface area contributed by atoms with E-state index >= 15 is 0 Å². The van der Waals surface area contributed by atoms with Gasteiger partial charge in [-0.15, -0.1) is 0 Å². The van der Waals surface area contributed by atoms with Gasteiger partial charge in [0, 0.05) is 12.6 Å². The molecule has 1 heterocycles. The summed E-state index contributed by atoms with van der Waals surface area (Å²) < 4.78 is 33.3. The van der Waals surface area contributed by atoms with Crippen molar-refractivity contribution in [2.45, 2.75) is 19.4 Å². The van der Waals surface area contributed by atoms with E-state index in [9.17, 15) is 18.0 Å². The Bertz CT molecular complexity index is 715. The molecule has 1 aromatic carbocycles. The molecule has 1 fully saturated rings. The van der Waals surface area contributed by atoms with E-state index < -0.39 is 28.3 Å². The molecule has 1 aliphatic heterocycles. The molecule has 0 unspecified atom stereocenters. The summed E-state index contributed by atoms with van der Waals surface area (Å²) in [7, 11) is -1.64.